The van der Waals surface area contributed by atoms with E-state index in [1.54, 1.807) is 24.3 Å². The van der Waals surface area contributed by atoms with Gasteiger partial charge in [0.15, 0.2) is 0 Å². The van der Waals surface area contributed by atoms with Crippen LogP contribution in [-0.4, -0.2) is 40.0 Å². The van der Waals surface area contributed by atoms with E-state index in [0.29, 0.717) is 24.3 Å². The lowest BCUT2D eigenvalue weighted by Gasteiger charge is -2.21. The Morgan fingerprint density at radius 2 is 0.680 bits per heavy atom. The maximum atomic E-state index is 13.0. The quantitative estimate of drug-likeness (QED) is 0.0764. The van der Waals surface area contributed by atoms with Crippen molar-refractivity contribution in [2.24, 2.45) is 0 Å². The van der Waals surface area contributed by atoms with Gasteiger partial charge < -0.3 is 18.9 Å². The van der Waals surface area contributed by atoms with E-state index in [9.17, 15) is 26.4 Å². The maximum absolute atomic E-state index is 13.0. The van der Waals surface area contributed by atoms with Crippen molar-refractivity contribution in [2.75, 3.05) is 0 Å². The summed E-state index contributed by atoms with van der Waals surface area (Å²) in [6.45, 7) is 11.4. The zero-order chi connectivity index (χ0) is 36.7. The van der Waals surface area contributed by atoms with Gasteiger partial charge in [-0.1, -0.05) is 0 Å². The first-order valence-electron chi connectivity index (χ1n) is 16.0. The Bertz CT molecular complexity index is 1840. The van der Waals surface area contributed by atoms with Gasteiger partial charge in [0, 0.05) is 12.8 Å². The van der Waals surface area contributed by atoms with Crippen LogP contribution in [0.5, 0.6) is 23.0 Å². The van der Waals surface area contributed by atoms with Crippen molar-refractivity contribution in [2.45, 2.75) is 98.0 Å². The largest absolute Gasteiger partial charge is 0.488 e. The van der Waals surface area contributed by atoms with Crippen LogP contribution in [0.15, 0.2) is 117 Å². The molecule has 4 rings (SSSR count). The van der Waals surface area contributed by atoms with E-state index in [0.717, 1.165) is 0 Å². The molecule has 0 atom stereocenters. The fourth-order valence-corrected chi connectivity index (χ4v) is 7.15. The predicted octanol–water partition coefficient (Wildman–Crippen LogP) is 7.78. The molecule has 10 nitrogen and oxygen atoms in total. The van der Waals surface area contributed by atoms with Gasteiger partial charge in [0.1, 0.15) is 34.2 Å². The lowest BCUT2D eigenvalue weighted by Crippen LogP contribution is -2.22. The number of hydrogen-bond donors (Lipinski definition) is 0. The summed E-state index contributed by atoms with van der Waals surface area (Å²) in [6.07, 6.45) is 0.774. The van der Waals surface area contributed by atoms with Gasteiger partial charge in [0.25, 0.3) is 0 Å². The number of esters is 2. The average molecular weight is 723 g/mol. The van der Waals surface area contributed by atoms with Gasteiger partial charge in [-0.15, -0.1) is 0 Å². The Hall–Kier alpha value is -4.68. The summed E-state index contributed by atoms with van der Waals surface area (Å²) >= 11 is 0. The van der Waals surface area contributed by atoms with E-state index >= 15 is 0 Å². The predicted molar refractivity (Wildman–Crippen MR) is 187 cm³/mol. The minimum Gasteiger partial charge on any atom is -0.488 e. The van der Waals surface area contributed by atoms with E-state index in [1.165, 1.54) is 72.8 Å². The number of benzene rings is 4. The molecule has 0 radical (unpaired) electrons. The van der Waals surface area contributed by atoms with Crippen molar-refractivity contribution in [3.63, 3.8) is 0 Å². The van der Waals surface area contributed by atoms with Gasteiger partial charge in [-0.05, 0) is 151 Å². The van der Waals surface area contributed by atoms with E-state index < -0.39 is 42.8 Å². The molecule has 4 aromatic rings. The van der Waals surface area contributed by atoms with Gasteiger partial charge in [0.05, 0.1) is 19.6 Å². The second-order valence-electron chi connectivity index (χ2n) is 13.5. The lowest BCUT2D eigenvalue weighted by molar-refractivity contribution is -0.136. The third kappa shape index (κ3) is 10.9. The summed E-state index contributed by atoms with van der Waals surface area (Å²) in [7, 11) is -7.58. The Morgan fingerprint density at radius 3 is 0.920 bits per heavy atom. The van der Waals surface area contributed by atoms with Crippen LogP contribution in [-0.2, 0) is 29.3 Å². The molecular weight excluding hydrogens is 681 g/mol. The van der Waals surface area contributed by atoms with Gasteiger partial charge in [0.2, 0.25) is 19.7 Å². The minimum atomic E-state index is -3.79. The number of sulfone groups is 2. The standard InChI is InChI=1S/C38H42O10S2/c1-37(2,3)47-29-15-23-33(24-16-29)49(41,42)31-19-11-27(12-20-31)45-35(39)9-7-8-10-36(40)46-28-13-21-32(22-14-28)50(43,44)34-25-17-30(18-26-34)48-38(4,5)6/h11-26H,7-10H2,1-6H3. The summed E-state index contributed by atoms with van der Waals surface area (Å²) in [5.41, 5.74) is -0.829. The zero-order valence-electron chi connectivity index (χ0n) is 29.0. The van der Waals surface area contributed by atoms with E-state index in [2.05, 4.69) is 0 Å². The summed E-state index contributed by atoms with van der Waals surface area (Å²) in [5.74, 6) is 0.440. The number of hydrogen-bond acceptors (Lipinski definition) is 10. The molecule has 0 saturated carbocycles. The van der Waals surface area contributed by atoms with Crippen LogP contribution in [0.25, 0.3) is 0 Å². The molecule has 4 aromatic carbocycles. The van der Waals surface area contributed by atoms with Gasteiger partial charge in [-0.25, -0.2) is 16.8 Å². The first-order valence-corrected chi connectivity index (χ1v) is 19.0. The molecular formula is C38H42O10S2. The summed E-state index contributed by atoms with van der Waals surface area (Å²) in [6, 6.07) is 23.5. The molecule has 0 fully saturated rings. The highest BCUT2D eigenvalue weighted by molar-refractivity contribution is 7.91. The topological polar surface area (TPSA) is 139 Å². The fourth-order valence-electron chi connectivity index (χ4n) is 4.63. The first kappa shape index (κ1) is 38.1. The van der Waals surface area contributed by atoms with Gasteiger partial charge in [-0.3, -0.25) is 9.59 Å². The van der Waals surface area contributed by atoms with E-state index in [4.69, 9.17) is 18.9 Å². The Morgan fingerprint density at radius 1 is 0.440 bits per heavy atom. The number of unbranched alkanes of at least 4 members (excludes halogenated alkanes) is 1. The van der Waals surface area contributed by atoms with Crippen molar-refractivity contribution >= 4 is 31.6 Å². The number of carbonyl (C=O) groups is 2. The number of rotatable bonds is 13. The zero-order valence-corrected chi connectivity index (χ0v) is 30.6. The maximum Gasteiger partial charge on any atom is 0.311 e. The minimum absolute atomic E-state index is 0.0339. The van der Waals surface area contributed by atoms with Gasteiger partial charge in [-0.2, -0.15) is 0 Å². The second kappa shape index (κ2) is 15.5. The fraction of sp³-hybridized carbons (Fsp3) is 0.316. The van der Waals surface area contributed by atoms with Gasteiger partial charge >= 0.3 is 11.9 Å². The molecule has 12 heteroatoms. The monoisotopic (exact) mass is 722 g/mol. The number of ether oxygens (including phenoxy) is 4. The molecule has 0 spiro atoms. The Balaban J connectivity index is 1.20. The van der Waals surface area contributed by atoms with Crippen molar-refractivity contribution < 1.29 is 45.4 Å². The second-order valence-corrected chi connectivity index (χ2v) is 17.4. The molecule has 0 heterocycles. The molecule has 0 amide bonds. The summed E-state index contributed by atoms with van der Waals surface area (Å²) in [5, 5.41) is 0. The third-order valence-corrected chi connectivity index (χ3v) is 10.4. The summed E-state index contributed by atoms with van der Waals surface area (Å²) < 4.78 is 74.3. The van der Waals surface area contributed by atoms with Crippen molar-refractivity contribution in [1.82, 2.24) is 0 Å². The summed E-state index contributed by atoms with van der Waals surface area (Å²) in [4.78, 5) is 25.0. The molecule has 0 aromatic heterocycles. The number of carbonyl (C=O) groups excluding carboxylic acids is 2. The smallest absolute Gasteiger partial charge is 0.311 e. The molecule has 266 valence electrons. The molecule has 0 unspecified atom stereocenters. The van der Waals surface area contributed by atoms with Crippen LogP contribution in [0, 0.1) is 0 Å². The van der Waals surface area contributed by atoms with Crippen LogP contribution in [0.2, 0.25) is 0 Å². The Labute approximate surface area is 294 Å². The van der Waals surface area contributed by atoms with E-state index in [1.807, 2.05) is 41.5 Å². The molecule has 0 bridgehead atoms. The lowest BCUT2D eigenvalue weighted by atomic mass is 10.2. The van der Waals surface area contributed by atoms with Crippen LogP contribution in [0.4, 0.5) is 0 Å². The highest BCUT2D eigenvalue weighted by Crippen LogP contribution is 2.28. The van der Waals surface area contributed by atoms with Crippen molar-refractivity contribution in [3.8, 4) is 23.0 Å². The molecule has 50 heavy (non-hydrogen) atoms. The third-order valence-electron chi connectivity index (χ3n) is 6.86. The molecule has 0 N–H and O–H groups in total. The average Bonchev–Trinajstić information content (AvgIpc) is 3.03. The molecule has 0 aliphatic heterocycles. The first-order chi connectivity index (χ1) is 23.3. The van der Waals surface area contributed by atoms with E-state index in [-0.39, 0.29) is 43.9 Å². The highest BCUT2D eigenvalue weighted by Gasteiger charge is 2.21. The van der Waals surface area contributed by atoms with Crippen LogP contribution in [0.1, 0.15) is 67.2 Å². The highest BCUT2D eigenvalue weighted by atomic mass is 32.2. The SMILES string of the molecule is CC(C)(C)Oc1ccc(S(=O)(=O)c2ccc(OC(=O)CCCCC(=O)Oc3ccc(S(=O)(=O)c4ccc(OC(C)(C)C)cc4)cc3)cc2)cc1. The van der Waals surface area contributed by atoms with Crippen LogP contribution in [0.3, 0.4) is 0 Å². The molecule has 0 aliphatic rings. The van der Waals surface area contributed by atoms with Crippen LogP contribution >= 0.6 is 0 Å². The Kier molecular flexibility index (Phi) is 11.8. The van der Waals surface area contributed by atoms with Crippen molar-refractivity contribution in [1.29, 1.82) is 0 Å². The van der Waals surface area contributed by atoms with Crippen LogP contribution < -0.4 is 18.9 Å². The molecule has 0 saturated heterocycles. The normalized spacial score (nSPS) is 12.2. The molecule has 0 aliphatic carbocycles. The van der Waals surface area contributed by atoms with Crippen molar-refractivity contribution in [3.05, 3.63) is 97.1 Å².